The topological polar surface area (TPSA) is 130 Å². The van der Waals surface area contributed by atoms with Gasteiger partial charge in [0.2, 0.25) is 0 Å². The van der Waals surface area contributed by atoms with Crippen LogP contribution in [0.2, 0.25) is 22.1 Å². The van der Waals surface area contributed by atoms with E-state index >= 15 is 0 Å². The molecule has 148 valence electrons. The molecule has 0 saturated carbocycles. The van der Waals surface area contributed by atoms with E-state index in [0.717, 1.165) is 0 Å². The van der Waals surface area contributed by atoms with Gasteiger partial charge in [-0.2, -0.15) is 0 Å². The van der Waals surface area contributed by atoms with Crippen LogP contribution in [0, 0.1) is 0 Å². The Morgan fingerprint density at radius 2 is 0.731 bits per heavy atom. The Hall–Kier alpha value is 0.787. The van der Waals surface area contributed by atoms with Crippen molar-refractivity contribution in [3.8, 4) is 0 Å². The molecule has 0 fully saturated rings. The van der Waals surface area contributed by atoms with Gasteiger partial charge in [-0.15, -0.1) is 12.6 Å². The zero-order chi connectivity index (χ0) is 22.2. The van der Waals surface area contributed by atoms with Gasteiger partial charge in [0.15, 0.2) is 0 Å². The van der Waals surface area contributed by atoms with Crippen molar-refractivity contribution in [1.82, 2.24) is 0 Å². The third-order valence-corrected chi connectivity index (χ3v) is 53.5. The molecule has 0 aromatic heterocycles. The molecule has 0 rings (SSSR count). The van der Waals surface area contributed by atoms with Gasteiger partial charge in [0, 0.05) is 0 Å². The molecule has 0 bridgehead atoms. The molecular formula is C13H31N5S6Zn2. The standard InChI is InChI=1S/2C2H4.CH3NS2.4CH2NS.4CH3.2Zn/c2*1-2;2-1(3)4;4*2-1-3;;;;;;/h2*1H,2H3;(H3,2,3,4);4*(H2,2,3);4*1H3;;. The van der Waals surface area contributed by atoms with E-state index < -0.39 is 26.3 Å². The van der Waals surface area contributed by atoms with Gasteiger partial charge in [0.25, 0.3) is 0 Å². The molecule has 0 aliphatic rings. The number of hydrogen-bond donors (Lipinski definition) is 6. The van der Waals surface area contributed by atoms with Crippen molar-refractivity contribution in [3.05, 3.63) is 0 Å². The molecule has 5 nitrogen and oxygen atoms in total. The average Bonchev–Trinajstić information content (AvgIpc) is 2.47. The van der Waals surface area contributed by atoms with Crippen LogP contribution in [-0.2, 0) is 26.3 Å². The summed E-state index contributed by atoms with van der Waals surface area (Å²) in [4.78, 5) is 0. The van der Waals surface area contributed by atoms with Gasteiger partial charge < -0.3 is 5.73 Å². The molecule has 0 aromatic carbocycles. The summed E-state index contributed by atoms with van der Waals surface area (Å²) < 4.78 is 6.36. The first-order chi connectivity index (χ1) is 11.2. The van der Waals surface area contributed by atoms with Crippen molar-refractivity contribution in [2.75, 3.05) is 0 Å². The molecule has 26 heavy (non-hydrogen) atoms. The van der Waals surface area contributed by atoms with Gasteiger partial charge in [-0.25, -0.2) is 0 Å². The minimum Gasteiger partial charge on any atom is -0.385 e. The average molecular weight is 581 g/mol. The monoisotopic (exact) mass is 577 g/mol. The third-order valence-electron chi connectivity index (χ3n) is 6.74. The smallest absolute Gasteiger partial charge is 0.128 e. The summed E-state index contributed by atoms with van der Waals surface area (Å²) >= 11 is 20.8. The summed E-state index contributed by atoms with van der Waals surface area (Å²) in [5, 5.41) is 0. The Labute approximate surface area is 190 Å². The molecule has 0 unspecified atom stereocenters. The van der Waals surface area contributed by atoms with E-state index in [9.17, 15) is 0 Å². The Kier molecular flexibility index (Phi) is 13.4. The van der Waals surface area contributed by atoms with Crippen LogP contribution in [0.3, 0.4) is 0 Å². The number of hydrogen-bond acceptors (Lipinski definition) is 5. The summed E-state index contributed by atoms with van der Waals surface area (Å²) in [7, 11) is 0. The van der Waals surface area contributed by atoms with Gasteiger partial charge in [0.05, 0.1) is 0 Å². The number of rotatable bonds is 4. The zero-order valence-electron chi connectivity index (χ0n) is 16.4. The predicted octanol–water partition coefficient (Wildman–Crippen LogP) is 2.32. The maximum atomic E-state index is 5.65. The quantitative estimate of drug-likeness (QED) is 0.167. The molecule has 0 aliphatic carbocycles. The SMILES string of the molecule is C[CH]=[Zn]([CH3])([CH3])([C](N)=S)[C](N)=S.C[CH]=[Zn]([CH3])([CH3])([C](N)=S)[C](N)=S.NC(=S)S. The van der Waals surface area contributed by atoms with E-state index in [-0.39, 0.29) is 4.32 Å². The molecule has 0 atom stereocenters. The van der Waals surface area contributed by atoms with Crippen LogP contribution in [0.1, 0.15) is 13.8 Å². The Balaban J connectivity index is -0.000000338. The van der Waals surface area contributed by atoms with Crippen molar-refractivity contribution >= 4 is 102 Å². The minimum atomic E-state index is -3.42. The summed E-state index contributed by atoms with van der Waals surface area (Å²) in [6.07, 6.45) is 0. The number of nitrogens with two attached hydrogens (primary N) is 5. The second kappa shape index (κ2) is 11.1. The Morgan fingerprint density at radius 3 is 0.731 bits per heavy atom. The molecule has 0 spiro atoms. The van der Waals surface area contributed by atoms with Crippen LogP contribution < -0.4 is 28.7 Å². The van der Waals surface area contributed by atoms with Crippen LogP contribution in [0.25, 0.3) is 0 Å². The fourth-order valence-electron chi connectivity index (χ4n) is 1.15. The molecule has 0 aliphatic heterocycles. The van der Waals surface area contributed by atoms with Crippen LogP contribution in [0.15, 0.2) is 0 Å². The van der Waals surface area contributed by atoms with Gasteiger partial charge in [-0.3, -0.25) is 0 Å². The van der Waals surface area contributed by atoms with Gasteiger partial charge in [-0.1, -0.05) is 12.2 Å². The third kappa shape index (κ3) is 8.43. The van der Waals surface area contributed by atoms with E-state index in [1.165, 1.54) is 0 Å². The van der Waals surface area contributed by atoms with Gasteiger partial charge in [-0.05, 0) is 0 Å². The molecule has 0 radical (unpaired) electrons. The van der Waals surface area contributed by atoms with E-state index in [1.54, 1.807) is 0 Å². The van der Waals surface area contributed by atoms with Crippen molar-refractivity contribution in [2.45, 2.75) is 35.9 Å². The molecular weight excluding hydrogens is 549 g/mol. The van der Waals surface area contributed by atoms with E-state index in [1.807, 2.05) is 45.1 Å². The first-order valence-corrected chi connectivity index (χ1v) is 32.6. The molecule has 0 aromatic rings. The van der Waals surface area contributed by atoms with Crippen molar-refractivity contribution in [1.29, 1.82) is 0 Å². The largest absolute Gasteiger partial charge is 0.385 e. The summed E-state index contributed by atoms with van der Waals surface area (Å²) in [5.74, 6) is 0. The normalized spacial score (nSPS) is 9.50. The molecule has 0 amide bonds. The van der Waals surface area contributed by atoms with E-state index in [0.29, 0.717) is 14.3 Å². The van der Waals surface area contributed by atoms with Crippen molar-refractivity contribution in [3.63, 3.8) is 0 Å². The molecule has 0 heterocycles. The molecule has 0 saturated heterocycles. The zero-order valence-corrected chi connectivity index (χ0v) is 27.4. The number of thiocarbonyl (C=S) groups is 5. The fraction of sp³-hybridized carbons (Fsp3) is 0.462. The summed E-state index contributed by atoms with van der Waals surface area (Å²) in [6, 6.07) is 0. The van der Waals surface area contributed by atoms with Crippen LogP contribution in [0.5, 0.6) is 0 Å². The van der Waals surface area contributed by atoms with Gasteiger partial charge >= 0.3 is 158 Å². The summed E-state index contributed by atoms with van der Waals surface area (Å²) in [6.45, 7) is 3.87. The molecule has 10 N–H and O–H groups in total. The Bertz CT molecular complexity index is 655. The Morgan fingerprint density at radius 1 is 0.615 bits per heavy atom. The van der Waals surface area contributed by atoms with E-state index in [4.69, 9.17) is 77.5 Å². The summed E-state index contributed by atoms with van der Waals surface area (Å²) in [5.41, 5.74) is 35.5. The van der Waals surface area contributed by atoms with Crippen molar-refractivity contribution in [2.24, 2.45) is 28.7 Å². The van der Waals surface area contributed by atoms with Gasteiger partial charge in [0.1, 0.15) is 4.32 Å². The minimum absolute atomic E-state index is 0.194. The predicted molar refractivity (Wildman–Crippen MR) is 140 cm³/mol. The second-order valence-electron chi connectivity index (χ2n) is 10.1. The second-order valence-corrected chi connectivity index (χ2v) is 57.1. The van der Waals surface area contributed by atoms with Crippen LogP contribution in [0.4, 0.5) is 0 Å². The maximum absolute atomic E-state index is 5.65. The first-order valence-electron chi connectivity index (χ1n) is 8.90. The number of thiol groups is 1. The van der Waals surface area contributed by atoms with Crippen LogP contribution >= 0.6 is 73.7 Å². The van der Waals surface area contributed by atoms with E-state index in [2.05, 4.69) is 24.8 Å². The van der Waals surface area contributed by atoms with Crippen LogP contribution in [-0.4, -0.2) is 27.9 Å². The maximum Gasteiger partial charge on any atom is 0.128 e. The fourth-order valence-corrected chi connectivity index (χ4v) is 13.6. The molecule has 13 heteroatoms. The van der Waals surface area contributed by atoms with Crippen molar-refractivity contribution < 1.29 is 26.3 Å². The first kappa shape index (κ1) is 31.5.